The minimum Gasteiger partial charge on any atom is -0.324 e. The molecule has 0 saturated carbocycles. The molecule has 0 unspecified atom stereocenters. The Balaban J connectivity index is 0. The summed E-state index contributed by atoms with van der Waals surface area (Å²) in [5, 5.41) is 0. The van der Waals surface area contributed by atoms with Crippen molar-refractivity contribution in [3.05, 3.63) is 0 Å². The van der Waals surface area contributed by atoms with Crippen LogP contribution >= 0.6 is 7.60 Å². The van der Waals surface area contributed by atoms with Crippen molar-refractivity contribution in [1.82, 2.24) is 0 Å². The van der Waals surface area contributed by atoms with Gasteiger partial charge in [-0.1, -0.05) is 103 Å². The quantitative estimate of drug-likeness (QED) is 0.174. The van der Waals surface area contributed by atoms with Gasteiger partial charge in [-0.05, 0) is 6.42 Å². The molecule has 0 spiro atoms. The van der Waals surface area contributed by atoms with Crippen molar-refractivity contribution in [2.24, 2.45) is 0 Å². The van der Waals surface area contributed by atoms with Crippen LogP contribution in [-0.2, 0) is 4.57 Å². The predicted molar refractivity (Wildman–Crippen MR) is 102 cm³/mol. The maximum Gasteiger partial charge on any atom is 0.325 e. The SMILES string of the molecule is CCCCCCCCCCCCCCCCCCP(=O)(O)O.[Se]. The molecule has 0 bridgehead atoms. The van der Waals surface area contributed by atoms with Gasteiger partial charge in [-0.15, -0.1) is 0 Å². The summed E-state index contributed by atoms with van der Waals surface area (Å²) in [6.45, 7) is 2.27. The minimum absolute atomic E-state index is 0. The Bertz CT molecular complexity index is 269. The van der Waals surface area contributed by atoms with Gasteiger partial charge in [0.2, 0.25) is 0 Å². The molecule has 0 saturated heterocycles. The maximum absolute atomic E-state index is 10.7. The van der Waals surface area contributed by atoms with Crippen LogP contribution in [0.15, 0.2) is 0 Å². The monoisotopic (exact) mass is 414 g/mol. The number of rotatable bonds is 17. The Labute approximate surface area is 155 Å². The molecule has 2 radical (unpaired) electrons. The molecule has 3 nitrogen and oxygen atoms in total. The Morgan fingerprint density at radius 3 is 1.09 bits per heavy atom. The smallest absolute Gasteiger partial charge is 0.324 e. The third-order valence-corrected chi connectivity index (χ3v) is 5.20. The summed E-state index contributed by atoms with van der Waals surface area (Å²) in [5.74, 6) is 0. The van der Waals surface area contributed by atoms with Gasteiger partial charge < -0.3 is 9.79 Å². The first kappa shape index (κ1) is 25.9. The van der Waals surface area contributed by atoms with Gasteiger partial charge >= 0.3 is 7.60 Å². The summed E-state index contributed by atoms with van der Waals surface area (Å²) in [5.41, 5.74) is 0. The van der Waals surface area contributed by atoms with E-state index >= 15 is 0 Å². The second-order valence-electron chi connectivity index (χ2n) is 6.69. The molecule has 2 N–H and O–H groups in total. The van der Waals surface area contributed by atoms with Crippen LogP contribution in [0.3, 0.4) is 0 Å². The van der Waals surface area contributed by atoms with Crippen LogP contribution in [0.25, 0.3) is 0 Å². The van der Waals surface area contributed by atoms with E-state index in [1.807, 2.05) is 0 Å². The van der Waals surface area contributed by atoms with Crippen LogP contribution < -0.4 is 0 Å². The van der Waals surface area contributed by atoms with E-state index in [9.17, 15) is 4.57 Å². The number of unbranched alkanes of at least 4 members (excludes halogenated alkanes) is 15. The fourth-order valence-corrected chi connectivity index (χ4v) is 3.50. The summed E-state index contributed by atoms with van der Waals surface area (Å²) >= 11 is 0. The van der Waals surface area contributed by atoms with E-state index in [0.717, 1.165) is 12.8 Å². The molecule has 0 atom stereocenters. The Hall–Kier alpha value is 0.669. The molecule has 0 aromatic carbocycles. The van der Waals surface area contributed by atoms with E-state index in [1.54, 1.807) is 0 Å². The standard InChI is InChI=1S/C18H39O3P.Se/c1-2-3-4-5-6-7-8-9-10-11-12-13-14-15-16-17-18-22(19,20)21;/h2-18H2,1H3,(H2,19,20,21);. The Morgan fingerprint density at radius 1 is 0.565 bits per heavy atom. The zero-order chi connectivity index (χ0) is 16.5. The Morgan fingerprint density at radius 2 is 0.826 bits per heavy atom. The summed E-state index contributed by atoms with van der Waals surface area (Å²) < 4.78 is 10.7. The van der Waals surface area contributed by atoms with Crippen LogP contribution in [0.5, 0.6) is 0 Å². The van der Waals surface area contributed by atoms with Crippen LogP contribution in [0.1, 0.15) is 110 Å². The van der Waals surface area contributed by atoms with Crippen molar-refractivity contribution in [3.63, 3.8) is 0 Å². The normalized spacial score (nSPS) is 11.4. The van der Waals surface area contributed by atoms with E-state index in [-0.39, 0.29) is 23.2 Å². The van der Waals surface area contributed by atoms with Gasteiger partial charge in [0.05, 0.1) is 0 Å². The van der Waals surface area contributed by atoms with Crippen LogP contribution in [0.2, 0.25) is 0 Å². The predicted octanol–water partition coefficient (Wildman–Crippen LogP) is 6.04. The first-order chi connectivity index (χ1) is 10.6. The molecule has 5 heteroatoms. The third-order valence-electron chi connectivity index (χ3n) is 4.30. The third kappa shape index (κ3) is 25.0. The van der Waals surface area contributed by atoms with Crippen LogP contribution in [0, 0.1) is 0 Å². The van der Waals surface area contributed by atoms with Crippen molar-refractivity contribution >= 4 is 24.7 Å². The molecule has 0 aliphatic rings. The van der Waals surface area contributed by atoms with Crippen molar-refractivity contribution in [2.75, 3.05) is 6.16 Å². The topological polar surface area (TPSA) is 57.5 Å². The van der Waals surface area contributed by atoms with E-state index in [2.05, 4.69) is 6.92 Å². The van der Waals surface area contributed by atoms with E-state index in [4.69, 9.17) is 9.79 Å². The fourth-order valence-electron chi connectivity index (χ4n) is 2.87. The minimum atomic E-state index is -3.75. The molecule has 0 aromatic rings. The van der Waals surface area contributed by atoms with Crippen molar-refractivity contribution in [3.8, 4) is 0 Å². The molecule has 0 aliphatic carbocycles. The second kappa shape index (κ2) is 19.0. The van der Waals surface area contributed by atoms with E-state index in [0.29, 0.717) is 6.42 Å². The van der Waals surface area contributed by atoms with E-state index in [1.165, 1.54) is 83.5 Å². The van der Waals surface area contributed by atoms with Gasteiger partial charge in [-0.25, -0.2) is 0 Å². The summed E-state index contributed by atoms with van der Waals surface area (Å²) in [6, 6.07) is 0. The molecule has 0 aromatic heterocycles. The van der Waals surface area contributed by atoms with Crippen LogP contribution in [0.4, 0.5) is 0 Å². The molecule has 0 rings (SSSR count). The number of hydrogen-bond acceptors (Lipinski definition) is 1. The zero-order valence-electron chi connectivity index (χ0n) is 15.2. The molecular formula is C18H39O3PSe. The average molecular weight is 413 g/mol. The summed E-state index contributed by atoms with van der Waals surface area (Å²) in [6.07, 6.45) is 20.6. The molecule has 0 amide bonds. The van der Waals surface area contributed by atoms with Gasteiger partial charge in [0.25, 0.3) is 0 Å². The summed E-state index contributed by atoms with van der Waals surface area (Å²) in [4.78, 5) is 17.5. The first-order valence-corrected chi connectivity index (χ1v) is 11.4. The molecule has 23 heavy (non-hydrogen) atoms. The summed E-state index contributed by atoms with van der Waals surface area (Å²) in [7, 11) is -3.75. The van der Waals surface area contributed by atoms with Crippen molar-refractivity contribution in [2.45, 2.75) is 110 Å². The van der Waals surface area contributed by atoms with Gasteiger partial charge in [0, 0.05) is 23.2 Å². The molecule has 140 valence electrons. The number of hydrogen-bond donors (Lipinski definition) is 2. The second-order valence-corrected chi connectivity index (χ2v) is 8.47. The van der Waals surface area contributed by atoms with Crippen molar-refractivity contribution in [1.29, 1.82) is 0 Å². The van der Waals surface area contributed by atoms with Crippen molar-refractivity contribution < 1.29 is 14.4 Å². The molecular weight excluding hydrogens is 374 g/mol. The molecule has 0 aliphatic heterocycles. The van der Waals surface area contributed by atoms with Crippen LogP contribution in [-0.4, -0.2) is 33.0 Å². The van der Waals surface area contributed by atoms with Gasteiger partial charge in [0.1, 0.15) is 0 Å². The maximum atomic E-state index is 10.7. The first-order valence-electron chi connectivity index (χ1n) is 9.61. The largest absolute Gasteiger partial charge is 0.325 e. The fraction of sp³-hybridized carbons (Fsp3) is 1.00. The van der Waals surface area contributed by atoms with Gasteiger partial charge in [-0.2, -0.15) is 0 Å². The Kier molecular flexibility index (Phi) is 21.4. The zero-order valence-corrected chi connectivity index (χ0v) is 17.8. The average Bonchev–Trinajstić information content (AvgIpc) is 2.45. The molecule has 0 heterocycles. The van der Waals surface area contributed by atoms with Gasteiger partial charge in [-0.3, -0.25) is 4.57 Å². The van der Waals surface area contributed by atoms with Gasteiger partial charge in [0.15, 0.2) is 0 Å². The van der Waals surface area contributed by atoms with E-state index < -0.39 is 7.60 Å². The molecule has 0 fully saturated rings.